The summed E-state index contributed by atoms with van der Waals surface area (Å²) in [4.78, 5) is 7.59. The van der Waals surface area contributed by atoms with Crippen LogP contribution in [-0.2, 0) is 6.18 Å². The molecule has 8 heteroatoms. The quantitative estimate of drug-likeness (QED) is 0.891. The number of nitrogen functional groups attached to an aromatic ring is 1. The minimum absolute atomic E-state index is 0. The molecule has 102 valence electrons. The van der Waals surface area contributed by atoms with E-state index in [9.17, 15) is 13.2 Å². The SMILES string of the molecule is Cl.Nc1cc(Nc2ccc(C(F)(F)F)cc2)ncn1. The summed E-state index contributed by atoms with van der Waals surface area (Å²) in [6.45, 7) is 0. The van der Waals surface area contributed by atoms with Crippen LogP contribution < -0.4 is 11.1 Å². The van der Waals surface area contributed by atoms with E-state index in [1.54, 1.807) is 0 Å². The highest BCUT2D eigenvalue weighted by molar-refractivity contribution is 5.85. The molecular formula is C11H10ClF3N4. The lowest BCUT2D eigenvalue weighted by Gasteiger charge is -2.09. The molecule has 0 radical (unpaired) electrons. The molecule has 1 aromatic carbocycles. The maximum atomic E-state index is 12.3. The third-order valence-electron chi connectivity index (χ3n) is 2.17. The second-order valence-corrected chi connectivity index (χ2v) is 3.53. The number of nitrogens with two attached hydrogens (primary N) is 1. The van der Waals surface area contributed by atoms with Crippen molar-refractivity contribution < 1.29 is 13.2 Å². The molecule has 0 unspecified atom stereocenters. The summed E-state index contributed by atoms with van der Waals surface area (Å²) < 4.78 is 37.0. The van der Waals surface area contributed by atoms with E-state index in [4.69, 9.17) is 5.73 Å². The van der Waals surface area contributed by atoms with Crippen LogP contribution in [0.2, 0.25) is 0 Å². The minimum atomic E-state index is -4.34. The molecule has 0 aliphatic rings. The molecule has 3 N–H and O–H groups in total. The van der Waals surface area contributed by atoms with Crippen molar-refractivity contribution in [1.29, 1.82) is 0 Å². The first-order chi connectivity index (χ1) is 8.45. The molecule has 0 atom stereocenters. The van der Waals surface area contributed by atoms with Crippen molar-refractivity contribution in [3.63, 3.8) is 0 Å². The number of anilines is 3. The summed E-state index contributed by atoms with van der Waals surface area (Å²) in [7, 11) is 0. The Morgan fingerprint density at radius 2 is 1.68 bits per heavy atom. The maximum absolute atomic E-state index is 12.3. The largest absolute Gasteiger partial charge is 0.416 e. The molecule has 19 heavy (non-hydrogen) atoms. The molecule has 0 saturated carbocycles. The Bertz CT molecular complexity index is 542. The van der Waals surface area contributed by atoms with E-state index in [-0.39, 0.29) is 18.2 Å². The van der Waals surface area contributed by atoms with Gasteiger partial charge in [0.05, 0.1) is 5.56 Å². The topological polar surface area (TPSA) is 63.8 Å². The van der Waals surface area contributed by atoms with Crippen LogP contribution in [0.15, 0.2) is 36.7 Å². The Balaban J connectivity index is 0.00000180. The molecule has 0 aliphatic carbocycles. The zero-order valence-electron chi connectivity index (χ0n) is 9.48. The van der Waals surface area contributed by atoms with Gasteiger partial charge in [0.1, 0.15) is 18.0 Å². The van der Waals surface area contributed by atoms with Gasteiger partial charge in [0.2, 0.25) is 0 Å². The number of nitrogens with zero attached hydrogens (tertiary/aromatic N) is 2. The van der Waals surface area contributed by atoms with Crippen molar-refractivity contribution in [1.82, 2.24) is 9.97 Å². The van der Waals surface area contributed by atoms with E-state index >= 15 is 0 Å². The molecule has 0 amide bonds. The number of nitrogens with one attached hydrogen (secondary N) is 1. The lowest BCUT2D eigenvalue weighted by molar-refractivity contribution is -0.137. The van der Waals surface area contributed by atoms with Crippen LogP contribution in [0.25, 0.3) is 0 Å². The van der Waals surface area contributed by atoms with E-state index in [0.717, 1.165) is 12.1 Å². The average molecular weight is 291 g/mol. The van der Waals surface area contributed by atoms with Crippen molar-refractivity contribution in [2.75, 3.05) is 11.1 Å². The first-order valence-electron chi connectivity index (χ1n) is 4.97. The molecule has 1 heterocycles. The number of halogens is 4. The van der Waals surface area contributed by atoms with Crippen molar-refractivity contribution in [2.24, 2.45) is 0 Å². The van der Waals surface area contributed by atoms with E-state index in [0.29, 0.717) is 11.5 Å². The fourth-order valence-corrected chi connectivity index (χ4v) is 1.33. The highest BCUT2D eigenvalue weighted by Gasteiger charge is 2.29. The Morgan fingerprint density at radius 3 is 2.21 bits per heavy atom. The zero-order chi connectivity index (χ0) is 13.2. The van der Waals surface area contributed by atoms with E-state index in [1.165, 1.54) is 24.5 Å². The Hall–Kier alpha value is -2.02. The van der Waals surface area contributed by atoms with Gasteiger partial charge in [0, 0.05) is 11.8 Å². The third-order valence-corrected chi connectivity index (χ3v) is 2.17. The monoisotopic (exact) mass is 290 g/mol. The fraction of sp³-hybridized carbons (Fsp3) is 0.0909. The average Bonchev–Trinajstić information content (AvgIpc) is 2.28. The Labute approximate surface area is 113 Å². The van der Waals surface area contributed by atoms with Gasteiger partial charge in [-0.05, 0) is 24.3 Å². The number of hydrogen-bond donors (Lipinski definition) is 2. The number of alkyl halides is 3. The van der Waals surface area contributed by atoms with E-state index in [1.807, 2.05) is 0 Å². The first-order valence-corrected chi connectivity index (χ1v) is 4.97. The highest BCUT2D eigenvalue weighted by Crippen LogP contribution is 2.30. The van der Waals surface area contributed by atoms with Crippen LogP contribution >= 0.6 is 12.4 Å². The maximum Gasteiger partial charge on any atom is 0.416 e. The van der Waals surface area contributed by atoms with Crippen LogP contribution in [0.1, 0.15) is 5.56 Å². The summed E-state index contributed by atoms with van der Waals surface area (Å²) in [5.74, 6) is 0.696. The predicted octanol–water partition coefficient (Wildman–Crippen LogP) is 3.24. The van der Waals surface area contributed by atoms with Gasteiger partial charge < -0.3 is 11.1 Å². The highest BCUT2D eigenvalue weighted by atomic mass is 35.5. The van der Waals surface area contributed by atoms with Gasteiger partial charge in [-0.3, -0.25) is 0 Å². The Morgan fingerprint density at radius 1 is 1.05 bits per heavy atom. The third kappa shape index (κ3) is 3.99. The second kappa shape index (κ2) is 5.75. The minimum Gasteiger partial charge on any atom is -0.384 e. The molecule has 0 aliphatic heterocycles. The summed E-state index contributed by atoms with van der Waals surface area (Å²) >= 11 is 0. The molecule has 2 rings (SSSR count). The van der Waals surface area contributed by atoms with Crippen molar-refractivity contribution in [3.8, 4) is 0 Å². The molecule has 0 fully saturated rings. The molecule has 1 aromatic heterocycles. The number of aromatic nitrogens is 2. The van der Waals surface area contributed by atoms with Crippen molar-refractivity contribution >= 4 is 29.7 Å². The van der Waals surface area contributed by atoms with Gasteiger partial charge >= 0.3 is 6.18 Å². The summed E-state index contributed by atoms with van der Waals surface area (Å²) in [6, 6.07) is 6.11. The van der Waals surface area contributed by atoms with Crippen LogP contribution in [0.5, 0.6) is 0 Å². The van der Waals surface area contributed by atoms with Crippen molar-refractivity contribution in [2.45, 2.75) is 6.18 Å². The van der Waals surface area contributed by atoms with Gasteiger partial charge in [-0.25, -0.2) is 9.97 Å². The lowest BCUT2D eigenvalue weighted by atomic mass is 10.2. The first kappa shape index (κ1) is 15.0. The zero-order valence-corrected chi connectivity index (χ0v) is 10.3. The predicted molar refractivity (Wildman–Crippen MR) is 68.4 cm³/mol. The summed E-state index contributed by atoms with van der Waals surface area (Å²) in [6.07, 6.45) is -3.07. The van der Waals surface area contributed by atoms with Gasteiger partial charge in [-0.1, -0.05) is 0 Å². The number of rotatable bonds is 2. The van der Waals surface area contributed by atoms with Crippen LogP contribution in [0.3, 0.4) is 0 Å². The molecular weight excluding hydrogens is 281 g/mol. The van der Waals surface area contributed by atoms with E-state index in [2.05, 4.69) is 15.3 Å². The van der Waals surface area contributed by atoms with Gasteiger partial charge in [0.15, 0.2) is 0 Å². The molecule has 0 saturated heterocycles. The second-order valence-electron chi connectivity index (χ2n) is 3.53. The van der Waals surface area contributed by atoms with Crippen LogP contribution in [0.4, 0.5) is 30.5 Å². The lowest BCUT2D eigenvalue weighted by Crippen LogP contribution is -2.04. The van der Waals surface area contributed by atoms with Crippen molar-refractivity contribution in [3.05, 3.63) is 42.2 Å². The van der Waals surface area contributed by atoms with Gasteiger partial charge in [0.25, 0.3) is 0 Å². The molecule has 0 spiro atoms. The standard InChI is InChI=1S/C11H9F3N4.ClH/c12-11(13,14)7-1-3-8(4-2-7)18-10-5-9(15)16-6-17-10;/h1-6H,(H3,15,16,17,18);1H. The van der Waals surface area contributed by atoms with E-state index < -0.39 is 11.7 Å². The van der Waals surface area contributed by atoms with Gasteiger partial charge in [-0.15, -0.1) is 12.4 Å². The molecule has 2 aromatic rings. The van der Waals surface area contributed by atoms with Gasteiger partial charge in [-0.2, -0.15) is 13.2 Å². The van der Waals surface area contributed by atoms with Crippen LogP contribution in [-0.4, -0.2) is 9.97 Å². The summed E-state index contributed by atoms with van der Waals surface area (Å²) in [5, 5.41) is 2.82. The Kier molecular flexibility index (Phi) is 4.55. The number of benzene rings is 1. The van der Waals surface area contributed by atoms with Crippen LogP contribution in [0, 0.1) is 0 Å². The fourth-order valence-electron chi connectivity index (χ4n) is 1.33. The normalized spacial score (nSPS) is 10.7. The summed E-state index contributed by atoms with van der Waals surface area (Å²) in [5.41, 5.74) is 5.24. The molecule has 0 bridgehead atoms. The smallest absolute Gasteiger partial charge is 0.384 e. The molecule has 4 nitrogen and oxygen atoms in total. The number of hydrogen-bond acceptors (Lipinski definition) is 4.